The number of carbonyl (C=O) groups excluding carboxylic acids is 1. The molecular weight excluding hydrogens is 408 g/mol. The minimum atomic E-state index is -0.328. The van der Waals surface area contributed by atoms with Gasteiger partial charge >= 0.3 is 0 Å². The van der Waals surface area contributed by atoms with E-state index in [0.29, 0.717) is 42.0 Å². The molecule has 1 aliphatic heterocycles. The molecular formula is C22H22N8O2. The van der Waals surface area contributed by atoms with E-state index in [1.54, 1.807) is 29.3 Å². The Bertz CT molecular complexity index is 1290. The Labute approximate surface area is 184 Å². The third-order valence-electron chi connectivity index (χ3n) is 5.46. The van der Waals surface area contributed by atoms with Gasteiger partial charge in [0.1, 0.15) is 12.3 Å². The number of amides is 1. The maximum absolute atomic E-state index is 13.0. The fraction of sp³-hybridized carbons (Fsp3) is 0.273. The van der Waals surface area contributed by atoms with E-state index in [4.69, 9.17) is 4.74 Å². The Kier molecular flexibility index (Phi) is 4.89. The van der Waals surface area contributed by atoms with Crippen molar-refractivity contribution in [1.82, 2.24) is 34.7 Å². The minimum absolute atomic E-state index is 0. The summed E-state index contributed by atoms with van der Waals surface area (Å²) in [6.45, 7) is 0.928. The van der Waals surface area contributed by atoms with Crippen LogP contribution < -0.4 is 10.1 Å². The van der Waals surface area contributed by atoms with Crippen molar-refractivity contribution in [3.8, 4) is 22.8 Å². The highest BCUT2D eigenvalue weighted by atomic mass is 16.5. The number of benzene rings is 1. The molecule has 10 heteroatoms. The molecule has 162 valence electrons. The number of para-hydroxylation sites is 1. The number of fused-ring (bicyclic) bond motifs is 3. The van der Waals surface area contributed by atoms with Gasteiger partial charge in [-0.1, -0.05) is 13.5 Å². The summed E-state index contributed by atoms with van der Waals surface area (Å²) in [5.74, 6) is 1.39. The molecule has 1 saturated carbocycles. The molecule has 3 aromatic heterocycles. The number of nitrogens with zero attached hydrogens (tertiary/aromatic N) is 7. The molecule has 0 radical (unpaired) electrons. The highest BCUT2D eigenvalue weighted by Crippen LogP contribution is 2.39. The maximum atomic E-state index is 13.0. The van der Waals surface area contributed by atoms with Crippen LogP contribution in [0, 0.1) is 0 Å². The highest BCUT2D eigenvalue weighted by Gasteiger charge is 2.26. The molecule has 32 heavy (non-hydrogen) atoms. The number of aromatic nitrogens is 7. The number of hydrogen-bond acceptors (Lipinski definition) is 7. The molecule has 2 aliphatic rings. The largest absolute Gasteiger partial charge is 0.489 e. The van der Waals surface area contributed by atoms with Gasteiger partial charge in [-0.15, -0.1) is 5.10 Å². The zero-order chi connectivity index (χ0) is 20.8. The average Bonchev–Trinajstić information content (AvgIpc) is 3.39. The first-order chi connectivity index (χ1) is 15.3. The Morgan fingerprint density at radius 3 is 2.97 bits per heavy atom. The number of hydrogen-bond donors (Lipinski definition) is 1. The van der Waals surface area contributed by atoms with E-state index in [1.165, 1.54) is 12.8 Å². The first-order valence-electron chi connectivity index (χ1n) is 10.1. The lowest BCUT2D eigenvalue weighted by Gasteiger charge is -2.13. The molecule has 1 fully saturated rings. The van der Waals surface area contributed by atoms with E-state index in [1.807, 2.05) is 29.0 Å². The molecule has 0 spiro atoms. The van der Waals surface area contributed by atoms with E-state index in [2.05, 4.69) is 30.8 Å². The number of carbonyl (C=O) groups is 1. The van der Waals surface area contributed by atoms with Crippen molar-refractivity contribution in [1.29, 1.82) is 0 Å². The molecule has 4 heterocycles. The molecule has 10 nitrogen and oxygen atoms in total. The summed E-state index contributed by atoms with van der Waals surface area (Å²) in [6.07, 6.45) is 7.80. The zero-order valence-electron chi connectivity index (χ0n) is 16.5. The summed E-state index contributed by atoms with van der Waals surface area (Å²) in [6, 6.07) is 9.09. The number of tetrazole rings is 1. The smallest absolute Gasteiger partial charge is 0.274 e. The number of nitrogens with one attached hydrogen (secondary N) is 1. The van der Waals surface area contributed by atoms with Gasteiger partial charge in [0.15, 0.2) is 11.6 Å². The Morgan fingerprint density at radius 1 is 1.19 bits per heavy atom. The number of rotatable bonds is 4. The topological polar surface area (TPSA) is 113 Å². The van der Waals surface area contributed by atoms with Gasteiger partial charge in [0.05, 0.1) is 35.5 Å². The molecule has 1 aromatic carbocycles. The normalized spacial score (nSPS) is 14.4. The number of ether oxygens (including phenoxy) is 1. The van der Waals surface area contributed by atoms with Crippen LogP contribution in [0.15, 0.2) is 49.1 Å². The Balaban J connectivity index is 0.00000216. The van der Waals surface area contributed by atoms with Gasteiger partial charge in [-0.05, 0) is 47.5 Å². The predicted octanol–water partition coefficient (Wildman–Crippen LogP) is 3.08. The van der Waals surface area contributed by atoms with Gasteiger partial charge < -0.3 is 14.6 Å². The fourth-order valence-electron chi connectivity index (χ4n) is 3.71. The highest BCUT2D eigenvalue weighted by molar-refractivity contribution is 6.04. The molecule has 1 aliphatic carbocycles. The second-order valence-corrected chi connectivity index (χ2v) is 7.59. The van der Waals surface area contributed by atoms with Crippen molar-refractivity contribution in [3.63, 3.8) is 0 Å². The van der Waals surface area contributed by atoms with Crippen LogP contribution in [0.2, 0.25) is 0 Å². The van der Waals surface area contributed by atoms with Gasteiger partial charge in [-0.2, -0.15) is 0 Å². The van der Waals surface area contributed by atoms with Crippen molar-refractivity contribution >= 4 is 11.6 Å². The van der Waals surface area contributed by atoms with Crippen molar-refractivity contribution in [3.05, 3.63) is 60.4 Å². The van der Waals surface area contributed by atoms with Crippen molar-refractivity contribution < 1.29 is 9.53 Å². The van der Waals surface area contributed by atoms with Crippen LogP contribution in [0.5, 0.6) is 5.75 Å². The average molecular weight is 430 g/mol. The van der Waals surface area contributed by atoms with Crippen LogP contribution in [0.4, 0.5) is 5.69 Å². The van der Waals surface area contributed by atoms with E-state index in [-0.39, 0.29) is 13.3 Å². The first-order valence-corrected chi connectivity index (χ1v) is 10.1. The van der Waals surface area contributed by atoms with Crippen LogP contribution in [0.1, 0.15) is 42.4 Å². The summed E-state index contributed by atoms with van der Waals surface area (Å²) in [4.78, 5) is 21.7. The third-order valence-corrected chi connectivity index (χ3v) is 5.46. The Morgan fingerprint density at radius 2 is 2.09 bits per heavy atom. The number of pyridine rings is 1. The first kappa shape index (κ1) is 19.9. The second-order valence-electron chi connectivity index (χ2n) is 7.59. The molecule has 1 N–H and O–H groups in total. The van der Waals surface area contributed by atoms with E-state index >= 15 is 0 Å². The zero-order valence-corrected chi connectivity index (χ0v) is 16.5. The van der Waals surface area contributed by atoms with Crippen molar-refractivity contribution in [2.24, 2.45) is 0 Å². The van der Waals surface area contributed by atoms with Crippen LogP contribution in [0.3, 0.4) is 0 Å². The summed E-state index contributed by atoms with van der Waals surface area (Å²) >= 11 is 0. The van der Waals surface area contributed by atoms with Gasteiger partial charge in [0, 0.05) is 18.3 Å². The van der Waals surface area contributed by atoms with Crippen LogP contribution >= 0.6 is 0 Å². The molecule has 0 saturated heterocycles. The van der Waals surface area contributed by atoms with Gasteiger partial charge in [0.2, 0.25) is 0 Å². The molecule has 0 bridgehead atoms. The van der Waals surface area contributed by atoms with Gasteiger partial charge in [0.25, 0.3) is 5.91 Å². The maximum Gasteiger partial charge on any atom is 0.274 e. The van der Waals surface area contributed by atoms with Crippen LogP contribution in [0.25, 0.3) is 17.1 Å². The molecule has 6 rings (SSSR count). The third kappa shape index (κ3) is 3.49. The lowest BCUT2D eigenvalue weighted by molar-refractivity contribution is 0.102. The molecule has 0 atom stereocenters. The van der Waals surface area contributed by atoms with Crippen LogP contribution in [-0.2, 0) is 6.54 Å². The summed E-state index contributed by atoms with van der Waals surface area (Å²) in [5, 5.41) is 14.7. The molecule has 1 amide bonds. The summed E-state index contributed by atoms with van der Waals surface area (Å²) in [5.41, 5.74) is 3.50. The molecule has 0 unspecified atom stereocenters. The lowest BCUT2D eigenvalue weighted by Crippen LogP contribution is -2.15. The van der Waals surface area contributed by atoms with E-state index < -0.39 is 0 Å². The fourth-order valence-corrected chi connectivity index (χ4v) is 3.71. The SMILES string of the molecule is C.O=C(Nc1cccc2c1OCCn1nnnc1-2)c1cc(-n2cnc(C3CC3)c2)ccn1. The van der Waals surface area contributed by atoms with Crippen molar-refractivity contribution in [2.45, 2.75) is 32.7 Å². The Hall–Kier alpha value is -4.08. The summed E-state index contributed by atoms with van der Waals surface area (Å²) < 4.78 is 9.51. The lowest BCUT2D eigenvalue weighted by atomic mass is 10.1. The molecule has 4 aromatic rings. The second kappa shape index (κ2) is 7.88. The van der Waals surface area contributed by atoms with Crippen LogP contribution in [-0.4, -0.2) is 47.3 Å². The van der Waals surface area contributed by atoms with Crippen molar-refractivity contribution in [2.75, 3.05) is 11.9 Å². The van der Waals surface area contributed by atoms with Gasteiger partial charge in [-0.3, -0.25) is 9.78 Å². The van der Waals surface area contributed by atoms with E-state index in [9.17, 15) is 4.79 Å². The minimum Gasteiger partial charge on any atom is -0.489 e. The monoisotopic (exact) mass is 430 g/mol. The predicted molar refractivity (Wildman–Crippen MR) is 117 cm³/mol. The quantitative estimate of drug-likeness (QED) is 0.529. The standard InChI is InChI=1S/C21H18N8O2.CH4/c30-21(17-10-14(6-7-22-17)28-11-18(23-12-28)13-4-5-13)24-16-3-1-2-15-19(16)31-9-8-29-20(15)25-26-27-29;/h1-3,6-7,10-13H,4-5,8-9H2,(H,24,30);1H4. The van der Waals surface area contributed by atoms with E-state index in [0.717, 1.165) is 16.9 Å². The number of imidazole rings is 1. The number of anilines is 1. The summed E-state index contributed by atoms with van der Waals surface area (Å²) in [7, 11) is 0. The van der Waals surface area contributed by atoms with Gasteiger partial charge in [-0.25, -0.2) is 9.67 Å².